The van der Waals surface area contributed by atoms with Gasteiger partial charge in [-0.2, -0.15) is 0 Å². The average molecular weight is 450 g/mol. The van der Waals surface area contributed by atoms with E-state index in [0.29, 0.717) is 32.7 Å². The first-order valence-corrected chi connectivity index (χ1v) is 11.2. The summed E-state index contributed by atoms with van der Waals surface area (Å²) >= 11 is 0. The molecule has 3 aromatic rings. The fourth-order valence-electron chi connectivity index (χ4n) is 5.39. The number of fused-ring (bicyclic) bond motifs is 5. The zero-order chi connectivity index (χ0) is 23.1. The number of likely N-dealkylation sites (tertiary alicyclic amines) is 1. The van der Waals surface area contributed by atoms with E-state index in [2.05, 4.69) is 10.6 Å². The van der Waals surface area contributed by atoms with E-state index in [-0.39, 0.29) is 17.7 Å². The van der Waals surface area contributed by atoms with Gasteiger partial charge in [0.05, 0.1) is 18.0 Å². The first-order chi connectivity index (χ1) is 16.0. The first-order valence-electron chi connectivity index (χ1n) is 11.2. The van der Waals surface area contributed by atoms with Crippen molar-refractivity contribution in [1.82, 2.24) is 14.0 Å². The van der Waals surface area contributed by atoms with Gasteiger partial charge in [0.2, 0.25) is 5.91 Å². The van der Waals surface area contributed by atoms with Crippen LogP contribution >= 0.6 is 0 Å². The van der Waals surface area contributed by atoms with Crippen molar-refractivity contribution in [3.05, 3.63) is 74.3 Å². The maximum absolute atomic E-state index is 13.3. The summed E-state index contributed by atoms with van der Waals surface area (Å²) in [5, 5.41) is 12.2. The number of rotatable bonds is 6. The molecule has 2 aromatic heterocycles. The Hall–Kier alpha value is -3.46. The Labute approximate surface area is 190 Å². The average Bonchev–Trinajstić information content (AvgIpc) is 3.15. The van der Waals surface area contributed by atoms with E-state index in [1.165, 1.54) is 6.07 Å². The second-order valence-corrected chi connectivity index (χ2v) is 8.95. The van der Waals surface area contributed by atoms with Crippen molar-refractivity contribution in [2.75, 3.05) is 26.8 Å². The minimum Gasteiger partial charge on any atom is -0.383 e. The number of ether oxygens (including phenoxy) is 1. The van der Waals surface area contributed by atoms with Gasteiger partial charge in [0, 0.05) is 68.1 Å². The lowest BCUT2D eigenvalue weighted by atomic mass is 9.83. The summed E-state index contributed by atoms with van der Waals surface area (Å²) in [5.41, 5.74) is 1.93. The van der Waals surface area contributed by atoms with Gasteiger partial charge < -0.3 is 18.8 Å². The van der Waals surface area contributed by atoms with E-state index < -0.39 is 16.2 Å². The van der Waals surface area contributed by atoms with Crippen LogP contribution in [0.15, 0.2) is 47.4 Å². The van der Waals surface area contributed by atoms with Crippen molar-refractivity contribution >= 4 is 22.5 Å². The number of benzene rings is 1. The Morgan fingerprint density at radius 3 is 2.79 bits per heavy atom. The summed E-state index contributed by atoms with van der Waals surface area (Å²) in [4.78, 5) is 38.3. The number of para-hydroxylation sites is 1. The van der Waals surface area contributed by atoms with E-state index in [9.17, 15) is 19.7 Å². The molecule has 1 unspecified atom stereocenters. The molecule has 0 N–H and O–H groups in total. The molecule has 172 valence electrons. The van der Waals surface area contributed by atoms with Gasteiger partial charge in [-0.25, -0.2) is 0 Å². The van der Waals surface area contributed by atoms with Crippen molar-refractivity contribution in [2.24, 2.45) is 5.92 Å². The highest BCUT2D eigenvalue weighted by Gasteiger charge is 2.37. The molecule has 2 aliphatic heterocycles. The van der Waals surface area contributed by atoms with Crippen LogP contribution in [0.5, 0.6) is 0 Å². The molecule has 0 spiro atoms. The molecule has 9 nitrogen and oxygen atoms in total. The highest BCUT2D eigenvalue weighted by molar-refractivity contribution is 5.89. The van der Waals surface area contributed by atoms with E-state index in [1.807, 2.05) is 29.3 Å². The van der Waals surface area contributed by atoms with E-state index in [4.69, 9.17) is 4.74 Å². The lowest BCUT2D eigenvalue weighted by Crippen LogP contribution is -2.49. The maximum atomic E-state index is 13.3. The zero-order valence-electron chi connectivity index (χ0n) is 18.5. The zero-order valence-corrected chi connectivity index (χ0v) is 18.5. The third-order valence-electron chi connectivity index (χ3n) is 6.88. The van der Waals surface area contributed by atoms with Crippen molar-refractivity contribution in [3.8, 4) is 0 Å². The molecule has 1 saturated heterocycles. The van der Waals surface area contributed by atoms with Gasteiger partial charge >= 0.3 is 11.2 Å². The number of pyridine rings is 1. The fraction of sp³-hybridized carbons (Fsp3) is 0.417. The second-order valence-electron chi connectivity index (χ2n) is 8.95. The molecule has 1 amide bonds. The summed E-state index contributed by atoms with van der Waals surface area (Å²) < 4.78 is 8.89. The lowest BCUT2D eigenvalue weighted by Gasteiger charge is -2.42. The van der Waals surface area contributed by atoms with Gasteiger partial charge in [0.15, 0.2) is 0 Å². The monoisotopic (exact) mass is 450 g/mol. The molecule has 0 saturated carbocycles. The summed E-state index contributed by atoms with van der Waals surface area (Å²) in [7, 11) is 1.67. The number of amides is 1. The van der Waals surface area contributed by atoms with Gasteiger partial charge in [-0.1, -0.05) is 18.2 Å². The topological polar surface area (TPSA) is 99.6 Å². The number of carbonyl (C=O) groups excluding carboxylic acids is 1. The molecular formula is C24H26N4O5. The smallest absolute Gasteiger partial charge is 0.334 e. The molecule has 33 heavy (non-hydrogen) atoms. The van der Waals surface area contributed by atoms with Crippen LogP contribution in [-0.4, -0.2) is 51.7 Å². The molecular weight excluding hydrogens is 424 g/mol. The Kier molecular flexibility index (Phi) is 5.49. The van der Waals surface area contributed by atoms with E-state index in [1.54, 1.807) is 17.7 Å². The minimum absolute atomic E-state index is 0.0120. The Bertz CT molecular complexity index is 1290. The van der Waals surface area contributed by atoms with Gasteiger partial charge in [-0.05, 0) is 30.0 Å². The van der Waals surface area contributed by atoms with Gasteiger partial charge in [-0.15, -0.1) is 0 Å². The van der Waals surface area contributed by atoms with Gasteiger partial charge in [0.1, 0.15) is 0 Å². The van der Waals surface area contributed by atoms with Crippen LogP contribution < -0.4 is 5.56 Å². The van der Waals surface area contributed by atoms with E-state index >= 15 is 0 Å². The van der Waals surface area contributed by atoms with E-state index in [0.717, 1.165) is 35.1 Å². The highest BCUT2D eigenvalue weighted by Crippen LogP contribution is 2.36. The van der Waals surface area contributed by atoms with Crippen molar-refractivity contribution < 1.29 is 14.5 Å². The number of hydrogen-bond donors (Lipinski definition) is 0. The third-order valence-corrected chi connectivity index (χ3v) is 6.88. The predicted octanol–water partition coefficient (Wildman–Crippen LogP) is 2.55. The summed E-state index contributed by atoms with van der Waals surface area (Å²) in [5.74, 6) is 0.193. The van der Waals surface area contributed by atoms with Crippen LogP contribution in [0.4, 0.5) is 5.69 Å². The minimum atomic E-state index is -0.626. The molecule has 0 radical (unpaired) electrons. The summed E-state index contributed by atoms with van der Waals surface area (Å²) in [6.45, 7) is 2.81. The van der Waals surface area contributed by atoms with Crippen LogP contribution in [0.3, 0.4) is 0 Å². The molecule has 9 heteroatoms. The van der Waals surface area contributed by atoms with Gasteiger partial charge in [-0.3, -0.25) is 19.7 Å². The summed E-state index contributed by atoms with van der Waals surface area (Å²) in [6, 6.07) is 11.0. The van der Waals surface area contributed by atoms with Crippen LogP contribution in [0.25, 0.3) is 10.9 Å². The fourth-order valence-corrected chi connectivity index (χ4v) is 5.39. The Balaban J connectivity index is 1.38. The lowest BCUT2D eigenvalue weighted by molar-refractivity contribution is -0.386. The van der Waals surface area contributed by atoms with Crippen LogP contribution in [-0.2, 0) is 29.0 Å². The molecule has 1 aromatic carbocycles. The number of carbonyl (C=O) groups is 1. The van der Waals surface area contributed by atoms with Crippen LogP contribution in [0, 0.1) is 16.0 Å². The van der Waals surface area contributed by atoms with Crippen molar-refractivity contribution in [1.29, 1.82) is 0 Å². The Morgan fingerprint density at radius 2 is 2.00 bits per heavy atom. The Morgan fingerprint density at radius 1 is 1.18 bits per heavy atom. The molecule has 5 rings (SSSR count). The quantitative estimate of drug-likeness (QED) is 0.425. The number of methoxy groups -OCH3 is 1. The highest BCUT2D eigenvalue weighted by atomic mass is 16.6. The molecule has 1 fully saturated rings. The molecule has 4 heterocycles. The van der Waals surface area contributed by atoms with Gasteiger partial charge in [0.25, 0.3) is 0 Å². The SMILES string of the molecule is COCCn1cc(CC(=O)N2CC3C[C@H](C2)Cn2c3ccc([N+](=O)[O-])c2=O)c2ccccc21. The third kappa shape index (κ3) is 3.82. The number of nitrogens with zero attached hydrogens (tertiary/aromatic N) is 4. The van der Waals surface area contributed by atoms with Crippen LogP contribution in [0.2, 0.25) is 0 Å². The normalized spacial score (nSPS) is 19.5. The number of piperidine rings is 1. The number of hydrogen-bond acceptors (Lipinski definition) is 5. The van der Waals surface area contributed by atoms with Crippen molar-refractivity contribution in [2.45, 2.75) is 31.8 Å². The summed E-state index contributed by atoms with van der Waals surface area (Å²) in [6.07, 6.45) is 3.24. The maximum Gasteiger partial charge on any atom is 0.334 e. The second kappa shape index (κ2) is 8.47. The molecule has 2 bridgehead atoms. The standard InChI is InChI=1S/C24H26N4O5/c1-33-9-8-25-14-17(19-4-2-3-5-21(19)25)11-23(29)26-12-16-10-18(15-26)20-6-7-22(28(31)32)24(30)27(20)13-16/h2-7,14,16,18H,8-13,15H2,1H3/t16-,18?/m1/s1. The first kappa shape index (κ1) is 21.4. The molecule has 2 aliphatic rings. The molecule has 2 atom stereocenters. The largest absolute Gasteiger partial charge is 0.383 e. The molecule has 0 aliphatic carbocycles. The number of aromatic nitrogens is 2. The number of nitro groups is 1. The predicted molar refractivity (Wildman–Crippen MR) is 122 cm³/mol. The van der Waals surface area contributed by atoms with Crippen molar-refractivity contribution in [3.63, 3.8) is 0 Å². The van der Waals surface area contributed by atoms with Crippen LogP contribution in [0.1, 0.15) is 23.6 Å².